The van der Waals surface area contributed by atoms with E-state index >= 15 is 0 Å². The van der Waals surface area contributed by atoms with Gasteiger partial charge in [-0.15, -0.1) is 0 Å². The summed E-state index contributed by atoms with van der Waals surface area (Å²) in [6.45, 7) is 3.88. The number of aryl methyl sites for hydroxylation is 1. The molecule has 0 aliphatic heterocycles. The molecule has 0 aliphatic rings. The third kappa shape index (κ3) is 2.26. The Morgan fingerprint density at radius 3 is 2.33 bits per heavy atom. The van der Waals surface area contributed by atoms with Crippen molar-refractivity contribution in [1.82, 2.24) is 0 Å². The maximum atomic E-state index is 5.90. The lowest BCUT2D eigenvalue weighted by atomic mass is 10.0. The molecule has 0 saturated heterocycles. The predicted octanol–water partition coefficient (Wildman–Crippen LogP) is 2.79. The van der Waals surface area contributed by atoms with E-state index in [0.29, 0.717) is 0 Å². The van der Waals surface area contributed by atoms with Gasteiger partial charge >= 0.3 is 0 Å². The highest BCUT2D eigenvalue weighted by Gasteiger charge is 2.18. The first-order valence-corrected chi connectivity index (χ1v) is 5.48. The summed E-state index contributed by atoms with van der Waals surface area (Å²) in [4.78, 5) is 0. The third-order valence-corrected chi connectivity index (χ3v) is 3.07. The van der Waals surface area contributed by atoms with E-state index in [1.165, 1.54) is 0 Å². The van der Waals surface area contributed by atoms with Gasteiger partial charge in [0.2, 0.25) is 0 Å². The average Bonchev–Trinajstić information content (AvgIpc) is 2.16. The van der Waals surface area contributed by atoms with E-state index < -0.39 is 0 Å². The van der Waals surface area contributed by atoms with E-state index in [1.807, 2.05) is 19.9 Å². The predicted molar refractivity (Wildman–Crippen MR) is 64.6 cm³/mol. The summed E-state index contributed by atoms with van der Waals surface area (Å²) in [5.74, 6) is 1.60. The molecule has 0 bridgehead atoms. The van der Waals surface area contributed by atoms with Crippen molar-refractivity contribution in [1.29, 1.82) is 0 Å². The van der Waals surface area contributed by atoms with Gasteiger partial charge in [-0.2, -0.15) is 0 Å². The molecule has 84 valence electrons. The number of nitrogens with two attached hydrogens (primary N) is 1. The third-order valence-electron chi connectivity index (χ3n) is 2.29. The molecule has 0 saturated carbocycles. The molecule has 2 N–H and O–H groups in total. The molecule has 1 aromatic rings. The van der Waals surface area contributed by atoms with Crippen molar-refractivity contribution >= 4 is 15.9 Å². The smallest absolute Gasteiger partial charge is 0.136 e. The minimum atomic E-state index is -0.108. The molecule has 1 unspecified atom stereocenters. The van der Waals surface area contributed by atoms with Gasteiger partial charge in [-0.25, -0.2) is 0 Å². The van der Waals surface area contributed by atoms with Crippen molar-refractivity contribution < 1.29 is 9.47 Å². The van der Waals surface area contributed by atoms with Crippen molar-refractivity contribution in [2.24, 2.45) is 5.73 Å². The van der Waals surface area contributed by atoms with Crippen molar-refractivity contribution in [3.63, 3.8) is 0 Å². The Hall–Kier alpha value is -0.740. The molecule has 4 heteroatoms. The van der Waals surface area contributed by atoms with E-state index in [9.17, 15) is 0 Å². The molecule has 0 spiro atoms. The number of rotatable bonds is 3. The fourth-order valence-electron chi connectivity index (χ4n) is 1.59. The zero-order chi connectivity index (χ0) is 11.6. The Kier molecular flexibility index (Phi) is 3.99. The summed E-state index contributed by atoms with van der Waals surface area (Å²) in [5, 5.41) is 0. The minimum absolute atomic E-state index is 0.108. The first-order chi connectivity index (χ1) is 7.02. The second-order valence-corrected chi connectivity index (χ2v) is 4.24. The number of halogens is 1. The molecular weight excluding hydrogens is 258 g/mol. The first kappa shape index (κ1) is 12.3. The maximum absolute atomic E-state index is 5.90. The summed E-state index contributed by atoms with van der Waals surface area (Å²) in [6, 6.07) is 1.83. The van der Waals surface area contributed by atoms with E-state index in [4.69, 9.17) is 15.2 Å². The first-order valence-electron chi connectivity index (χ1n) is 4.69. The number of methoxy groups -OCH3 is 2. The molecule has 1 atom stereocenters. The standard InChI is InChI=1S/C11H16BrNO2/c1-6-5-8(14-3)9(7(2)13)10(12)11(6)15-4/h5,7H,13H2,1-4H3. The van der Waals surface area contributed by atoms with Gasteiger partial charge in [0.15, 0.2) is 0 Å². The average molecular weight is 274 g/mol. The SMILES string of the molecule is COc1cc(C)c(OC)c(Br)c1C(C)N. The Balaban J connectivity index is 3.46. The molecular formula is C11H16BrNO2. The molecule has 1 rings (SSSR count). The van der Waals surface area contributed by atoms with E-state index in [0.717, 1.165) is 27.1 Å². The molecule has 0 aromatic heterocycles. The number of hydrogen-bond acceptors (Lipinski definition) is 3. The van der Waals surface area contributed by atoms with Gasteiger partial charge in [0.1, 0.15) is 11.5 Å². The van der Waals surface area contributed by atoms with Gasteiger partial charge in [0.25, 0.3) is 0 Å². The Bertz CT molecular complexity index is 364. The van der Waals surface area contributed by atoms with Crippen LogP contribution in [-0.4, -0.2) is 14.2 Å². The zero-order valence-electron chi connectivity index (χ0n) is 9.43. The lowest BCUT2D eigenvalue weighted by Gasteiger charge is -2.18. The Labute approximate surface area is 98.7 Å². The highest BCUT2D eigenvalue weighted by Crippen LogP contribution is 2.40. The summed E-state index contributed by atoms with van der Waals surface area (Å²) < 4.78 is 11.5. The van der Waals surface area contributed by atoms with Gasteiger partial charge in [-0.05, 0) is 41.4 Å². The largest absolute Gasteiger partial charge is 0.496 e. The van der Waals surface area contributed by atoms with Gasteiger partial charge in [0, 0.05) is 11.6 Å². The second kappa shape index (κ2) is 4.86. The Morgan fingerprint density at radius 2 is 1.93 bits per heavy atom. The Morgan fingerprint density at radius 1 is 1.33 bits per heavy atom. The normalized spacial score (nSPS) is 12.4. The maximum Gasteiger partial charge on any atom is 0.136 e. The highest BCUT2D eigenvalue weighted by atomic mass is 79.9. The monoisotopic (exact) mass is 273 g/mol. The molecule has 0 aliphatic carbocycles. The van der Waals surface area contributed by atoms with Gasteiger partial charge < -0.3 is 15.2 Å². The minimum Gasteiger partial charge on any atom is -0.496 e. The second-order valence-electron chi connectivity index (χ2n) is 3.45. The van der Waals surface area contributed by atoms with Gasteiger partial charge in [0.05, 0.1) is 18.7 Å². The lowest BCUT2D eigenvalue weighted by Crippen LogP contribution is -2.09. The molecule has 15 heavy (non-hydrogen) atoms. The van der Waals surface area contributed by atoms with Crippen molar-refractivity contribution in [3.8, 4) is 11.5 Å². The summed E-state index contributed by atoms with van der Waals surface area (Å²) in [6.07, 6.45) is 0. The van der Waals surface area contributed by atoms with Crippen LogP contribution in [0, 0.1) is 6.92 Å². The molecule has 1 aromatic carbocycles. The highest BCUT2D eigenvalue weighted by molar-refractivity contribution is 9.10. The summed E-state index contributed by atoms with van der Waals surface area (Å²) in [5.41, 5.74) is 7.85. The molecule has 0 radical (unpaired) electrons. The van der Waals surface area contributed by atoms with Crippen LogP contribution in [0.15, 0.2) is 10.5 Å². The number of benzene rings is 1. The van der Waals surface area contributed by atoms with Crippen LogP contribution in [0.3, 0.4) is 0 Å². The van der Waals surface area contributed by atoms with Crippen LogP contribution < -0.4 is 15.2 Å². The van der Waals surface area contributed by atoms with E-state index in [2.05, 4.69) is 15.9 Å². The van der Waals surface area contributed by atoms with E-state index in [-0.39, 0.29) is 6.04 Å². The van der Waals surface area contributed by atoms with E-state index in [1.54, 1.807) is 14.2 Å². The van der Waals surface area contributed by atoms with Crippen LogP contribution in [0.2, 0.25) is 0 Å². The van der Waals surface area contributed by atoms with Crippen molar-refractivity contribution in [2.75, 3.05) is 14.2 Å². The van der Waals surface area contributed by atoms with Crippen molar-refractivity contribution in [2.45, 2.75) is 19.9 Å². The molecule has 3 nitrogen and oxygen atoms in total. The van der Waals surface area contributed by atoms with Gasteiger partial charge in [-0.3, -0.25) is 0 Å². The van der Waals surface area contributed by atoms with Crippen LogP contribution >= 0.6 is 15.9 Å². The molecule has 0 heterocycles. The fraction of sp³-hybridized carbons (Fsp3) is 0.455. The zero-order valence-corrected chi connectivity index (χ0v) is 11.0. The van der Waals surface area contributed by atoms with Crippen LogP contribution in [0.1, 0.15) is 24.1 Å². The quantitative estimate of drug-likeness (QED) is 0.921. The van der Waals surface area contributed by atoms with Gasteiger partial charge in [-0.1, -0.05) is 0 Å². The fourth-order valence-corrected chi connectivity index (χ4v) is 2.62. The topological polar surface area (TPSA) is 44.5 Å². The van der Waals surface area contributed by atoms with Crippen LogP contribution in [0.25, 0.3) is 0 Å². The van der Waals surface area contributed by atoms with Crippen LogP contribution in [-0.2, 0) is 0 Å². The summed E-state index contributed by atoms with van der Waals surface area (Å²) in [7, 11) is 3.28. The molecule has 0 fully saturated rings. The summed E-state index contributed by atoms with van der Waals surface area (Å²) >= 11 is 3.50. The van der Waals surface area contributed by atoms with Crippen LogP contribution in [0.5, 0.6) is 11.5 Å². The molecule has 0 amide bonds. The lowest BCUT2D eigenvalue weighted by molar-refractivity contribution is 0.391. The van der Waals surface area contributed by atoms with Crippen LogP contribution in [0.4, 0.5) is 0 Å². The number of hydrogen-bond donors (Lipinski definition) is 1. The number of ether oxygens (including phenoxy) is 2. The van der Waals surface area contributed by atoms with Crippen molar-refractivity contribution in [3.05, 3.63) is 21.7 Å².